The van der Waals surface area contributed by atoms with Crippen LogP contribution in [0.3, 0.4) is 0 Å². The lowest BCUT2D eigenvalue weighted by atomic mass is 9.87. The van der Waals surface area contributed by atoms with Crippen LogP contribution in [0.15, 0.2) is 0 Å². The molecule has 1 fully saturated rings. The molecule has 0 saturated heterocycles. The summed E-state index contributed by atoms with van der Waals surface area (Å²) >= 11 is 0. The number of nitrogens with one attached hydrogen (secondary N) is 1. The Balaban J connectivity index is 2.30. The van der Waals surface area contributed by atoms with Gasteiger partial charge in [-0.25, -0.2) is 0 Å². The van der Waals surface area contributed by atoms with Crippen LogP contribution in [0.4, 0.5) is 0 Å². The highest BCUT2D eigenvalue weighted by Crippen LogP contribution is 2.33. The van der Waals surface area contributed by atoms with E-state index in [1.165, 1.54) is 38.6 Å². The monoisotopic (exact) mass is 213 g/mol. The van der Waals surface area contributed by atoms with Crippen molar-refractivity contribution < 1.29 is 4.74 Å². The van der Waals surface area contributed by atoms with E-state index in [0.717, 1.165) is 24.5 Å². The van der Waals surface area contributed by atoms with E-state index in [2.05, 4.69) is 19.2 Å². The number of rotatable bonds is 7. The second kappa shape index (κ2) is 7.24. The van der Waals surface area contributed by atoms with Crippen molar-refractivity contribution in [1.29, 1.82) is 0 Å². The number of ether oxygens (including phenoxy) is 1. The van der Waals surface area contributed by atoms with Crippen molar-refractivity contribution in [3.63, 3.8) is 0 Å². The maximum Gasteiger partial charge on any atom is 0.0464 e. The van der Waals surface area contributed by atoms with Crippen molar-refractivity contribution in [2.24, 2.45) is 11.8 Å². The van der Waals surface area contributed by atoms with Gasteiger partial charge in [0.15, 0.2) is 0 Å². The molecule has 1 rings (SSSR count). The fraction of sp³-hybridized carbons (Fsp3) is 1.00. The Kier molecular flexibility index (Phi) is 6.26. The van der Waals surface area contributed by atoms with Gasteiger partial charge in [0.1, 0.15) is 0 Å². The van der Waals surface area contributed by atoms with Crippen molar-refractivity contribution in [1.82, 2.24) is 5.32 Å². The molecule has 0 amide bonds. The largest absolute Gasteiger partial charge is 0.385 e. The molecular formula is C13H27NO. The van der Waals surface area contributed by atoms with E-state index in [-0.39, 0.29) is 0 Å². The summed E-state index contributed by atoms with van der Waals surface area (Å²) in [4.78, 5) is 0. The van der Waals surface area contributed by atoms with Gasteiger partial charge in [-0.3, -0.25) is 0 Å². The summed E-state index contributed by atoms with van der Waals surface area (Å²) in [6.07, 6.45) is 6.65. The highest BCUT2D eigenvalue weighted by Gasteiger charge is 2.30. The molecule has 1 aliphatic rings. The summed E-state index contributed by atoms with van der Waals surface area (Å²) in [6.45, 7) is 6.72. The van der Waals surface area contributed by atoms with Gasteiger partial charge in [0, 0.05) is 19.8 Å². The van der Waals surface area contributed by atoms with Crippen molar-refractivity contribution in [2.75, 3.05) is 20.3 Å². The highest BCUT2D eigenvalue weighted by atomic mass is 16.5. The highest BCUT2D eigenvalue weighted by molar-refractivity contribution is 4.85. The molecule has 0 aliphatic heterocycles. The average molecular weight is 213 g/mol. The maximum atomic E-state index is 5.17. The summed E-state index contributed by atoms with van der Waals surface area (Å²) in [5, 5.41) is 3.70. The summed E-state index contributed by atoms with van der Waals surface area (Å²) in [6, 6.07) is 0.775. The van der Waals surface area contributed by atoms with Crippen LogP contribution in [-0.2, 0) is 4.74 Å². The van der Waals surface area contributed by atoms with Crippen LogP contribution in [0, 0.1) is 11.8 Å². The second-order valence-corrected chi connectivity index (χ2v) is 4.91. The minimum Gasteiger partial charge on any atom is -0.385 e. The van der Waals surface area contributed by atoms with Gasteiger partial charge in [-0.2, -0.15) is 0 Å². The van der Waals surface area contributed by atoms with E-state index in [1.807, 2.05) is 0 Å². The van der Waals surface area contributed by atoms with E-state index in [0.29, 0.717) is 0 Å². The molecule has 1 N–H and O–H groups in total. The number of hydrogen-bond acceptors (Lipinski definition) is 2. The fourth-order valence-electron chi connectivity index (χ4n) is 2.77. The van der Waals surface area contributed by atoms with E-state index < -0.39 is 0 Å². The molecular weight excluding hydrogens is 186 g/mol. The minimum atomic E-state index is 0.775. The fourth-order valence-corrected chi connectivity index (χ4v) is 2.77. The first-order chi connectivity index (χ1) is 7.29. The van der Waals surface area contributed by atoms with Crippen LogP contribution < -0.4 is 5.32 Å². The third-order valence-electron chi connectivity index (χ3n) is 3.73. The Hall–Kier alpha value is -0.0800. The Morgan fingerprint density at radius 2 is 2.20 bits per heavy atom. The quantitative estimate of drug-likeness (QED) is 0.702. The maximum absolute atomic E-state index is 5.17. The lowest BCUT2D eigenvalue weighted by Gasteiger charge is -2.26. The topological polar surface area (TPSA) is 21.3 Å². The van der Waals surface area contributed by atoms with Crippen LogP contribution in [0.2, 0.25) is 0 Å². The van der Waals surface area contributed by atoms with Crippen LogP contribution in [0.1, 0.15) is 46.0 Å². The third kappa shape index (κ3) is 4.12. The molecule has 0 bridgehead atoms. The molecule has 2 heteroatoms. The first-order valence-corrected chi connectivity index (χ1v) is 6.52. The predicted molar refractivity (Wildman–Crippen MR) is 65.1 cm³/mol. The molecule has 0 aromatic heterocycles. The van der Waals surface area contributed by atoms with E-state index >= 15 is 0 Å². The molecule has 1 saturated carbocycles. The van der Waals surface area contributed by atoms with Gasteiger partial charge < -0.3 is 10.1 Å². The summed E-state index contributed by atoms with van der Waals surface area (Å²) in [7, 11) is 1.80. The van der Waals surface area contributed by atoms with Gasteiger partial charge >= 0.3 is 0 Å². The molecule has 15 heavy (non-hydrogen) atoms. The van der Waals surface area contributed by atoms with Gasteiger partial charge in [-0.05, 0) is 44.1 Å². The summed E-state index contributed by atoms with van der Waals surface area (Å²) < 4.78 is 5.17. The summed E-state index contributed by atoms with van der Waals surface area (Å²) in [5.74, 6) is 1.69. The van der Waals surface area contributed by atoms with E-state index in [4.69, 9.17) is 4.74 Å². The Bertz CT molecular complexity index is 161. The molecule has 2 nitrogen and oxygen atoms in total. The van der Waals surface area contributed by atoms with Crippen molar-refractivity contribution in [3.8, 4) is 0 Å². The SMILES string of the molecule is CCCNC1CCCC1C(C)CCOC. The van der Waals surface area contributed by atoms with E-state index in [9.17, 15) is 0 Å². The Morgan fingerprint density at radius 1 is 1.40 bits per heavy atom. The van der Waals surface area contributed by atoms with Crippen molar-refractivity contribution in [2.45, 2.75) is 52.0 Å². The van der Waals surface area contributed by atoms with Gasteiger partial charge in [0.05, 0.1) is 0 Å². The first-order valence-electron chi connectivity index (χ1n) is 6.52. The smallest absolute Gasteiger partial charge is 0.0464 e. The van der Waals surface area contributed by atoms with Gasteiger partial charge in [0.25, 0.3) is 0 Å². The first kappa shape index (κ1) is 13.0. The Morgan fingerprint density at radius 3 is 2.87 bits per heavy atom. The van der Waals surface area contributed by atoms with Crippen molar-refractivity contribution >= 4 is 0 Å². The zero-order valence-electron chi connectivity index (χ0n) is 10.6. The lowest BCUT2D eigenvalue weighted by Crippen LogP contribution is -2.36. The van der Waals surface area contributed by atoms with Crippen LogP contribution in [-0.4, -0.2) is 26.3 Å². The zero-order chi connectivity index (χ0) is 11.1. The van der Waals surface area contributed by atoms with E-state index in [1.54, 1.807) is 7.11 Å². The normalized spacial score (nSPS) is 28.2. The molecule has 1 aliphatic carbocycles. The molecule has 0 heterocycles. The summed E-state index contributed by atoms with van der Waals surface area (Å²) in [5.41, 5.74) is 0. The van der Waals surface area contributed by atoms with Gasteiger partial charge in [-0.1, -0.05) is 20.3 Å². The molecule has 3 unspecified atom stereocenters. The van der Waals surface area contributed by atoms with Crippen LogP contribution in [0.25, 0.3) is 0 Å². The predicted octanol–water partition coefficient (Wildman–Crippen LogP) is 2.83. The van der Waals surface area contributed by atoms with Gasteiger partial charge in [-0.15, -0.1) is 0 Å². The molecule has 0 radical (unpaired) electrons. The minimum absolute atomic E-state index is 0.775. The lowest BCUT2D eigenvalue weighted by molar-refractivity contribution is 0.159. The second-order valence-electron chi connectivity index (χ2n) is 4.91. The molecule has 3 atom stereocenters. The average Bonchev–Trinajstić information content (AvgIpc) is 2.71. The van der Waals surface area contributed by atoms with Crippen LogP contribution >= 0.6 is 0 Å². The third-order valence-corrected chi connectivity index (χ3v) is 3.73. The molecule has 0 aromatic carbocycles. The molecule has 0 aromatic rings. The molecule has 0 spiro atoms. The molecule has 90 valence electrons. The Labute approximate surface area is 94.8 Å². The number of methoxy groups -OCH3 is 1. The van der Waals surface area contributed by atoms with Crippen LogP contribution in [0.5, 0.6) is 0 Å². The van der Waals surface area contributed by atoms with Gasteiger partial charge in [0.2, 0.25) is 0 Å². The zero-order valence-corrected chi connectivity index (χ0v) is 10.6. The number of hydrogen-bond donors (Lipinski definition) is 1. The standard InChI is InChI=1S/C13H27NO/c1-4-9-14-13-7-5-6-12(13)11(2)8-10-15-3/h11-14H,4-10H2,1-3H3. The van der Waals surface area contributed by atoms with Crippen molar-refractivity contribution in [3.05, 3.63) is 0 Å².